The fourth-order valence-corrected chi connectivity index (χ4v) is 2.51. The summed E-state index contributed by atoms with van der Waals surface area (Å²) in [7, 11) is 1.84. The van der Waals surface area contributed by atoms with Gasteiger partial charge in [0.1, 0.15) is 22.8 Å². The number of nitrogens with zero attached hydrogens (tertiary/aromatic N) is 4. The van der Waals surface area contributed by atoms with Crippen LogP contribution in [0.3, 0.4) is 0 Å². The summed E-state index contributed by atoms with van der Waals surface area (Å²) in [5.41, 5.74) is 3.84. The molecule has 0 saturated carbocycles. The van der Waals surface area contributed by atoms with Gasteiger partial charge in [0.05, 0.1) is 5.57 Å². The molecule has 94 valence electrons. The molecule has 0 N–H and O–H groups in total. The molecule has 0 aliphatic rings. The van der Waals surface area contributed by atoms with Gasteiger partial charge in [0.2, 0.25) is 0 Å². The molecular weight excluding hydrogens is 256 g/mol. The lowest BCUT2D eigenvalue weighted by molar-refractivity contribution is 0.865. The number of aryl methyl sites for hydroxylation is 1. The fraction of sp³-hybridized carbons (Fsp3) is 0.214. The lowest BCUT2D eigenvalue weighted by Gasteiger charge is -1.98. The Morgan fingerprint density at radius 2 is 2.16 bits per heavy atom. The Bertz CT molecular complexity index is 735. The van der Waals surface area contributed by atoms with Crippen LogP contribution in [-0.4, -0.2) is 9.55 Å². The average Bonchev–Trinajstić information content (AvgIpc) is 2.94. The van der Waals surface area contributed by atoms with Crippen LogP contribution in [0.15, 0.2) is 11.4 Å². The molecule has 0 aliphatic heterocycles. The second-order valence-electron chi connectivity index (χ2n) is 4.21. The molecule has 5 heteroatoms. The van der Waals surface area contributed by atoms with Crippen molar-refractivity contribution in [1.82, 2.24) is 9.55 Å². The number of aromatic nitrogens is 2. The summed E-state index contributed by atoms with van der Waals surface area (Å²) in [4.78, 5) is 4.31. The van der Waals surface area contributed by atoms with Crippen molar-refractivity contribution < 1.29 is 0 Å². The zero-order valence-corrected chi connectivity index (χ0v) is 11.7. The van der Waals surface area contributed by atoms with E-state index in [1.807, 2.05) is 30.8 Å². The zero-order chi connectivity index (χ0) is 14.0. The van der Waals surface area contributed by atoms with Gasteiger partial charge in [-0.2, -0.15) is 10.5 Å². The maximum Gasteiger partial charge on any atom is 0.134 e. The summed E-state index contributed by atoms with van der Waals surface area (Å²) in [6.07, 6.45) is 1.79. The molecule has 0 radical (unpaired) electrons. The van der Waals surface area contributed by atoms with E-state index in [1.54, 1.807) is 12.1 Å². The largest absolute Gasteiger partial charge is 0.339 e. The summed E-state index contributed by atoms with van der Waals surface area (Å²) in [5, 5.41) is 20.9. The Labute approximate surface area is 115 Å². The van der Waals surface area contributed by atoms with Gasteiger partial charge < -0.3 is 4.57 Å². The van der Waals surface area contributed by atoms with E-state index < -0.39 is 0 Å². The van der Waals surface area contributed by atoms with Crippen LogP contribution in [0, 0.1) is 36.5 Å². The molecule has 0 saturated heterocycles. The molecule has 2 aromatic heterocycles. The molecule has 4 nitrogen and oxygen atoms in total. The van der Waals surface area contributed by atoms with Crippen molar-refractivity contribution in [3.63, 3.8) is 0 Å². The second kappa shape index (κ2) is 5.09. The number of rotatable bonds is 2. The molecule has 0 bridgehead atoms. The lowest BCUT2D eigenvalue weighted by Crippen LogP contribution is -1.93. The lowest BCUT2D eigenvalue weighted by atomic mass is 10.1. The highest BCUT2D eigenvalue weighted by atomic mass is 32.1. The minimum Gasteiger partial charge on any atom is -0.339 e. The summed E-state index contributed by atoms with van der Waals surface area (Å²) >= 11 is 1.45. The van der Waals surface area contributed by atoms with E-state index in [0.717, 1.165) is 17.0 Å². The van der Waals surface area contributed by atoms with E-state index in [-0.39, 0.29) is 0 Å². The van der Waals surface area contributed by atoms with E-state index in [0.29, 0.717) is 16.3 Å². The smallest absolute Gasteiger partial charge is 0.134 e. The summed E-state index contributed by atoms with van der Waals surface area (Å²) in [5.74, 6) is 0. The fourth-order valence-electron chi connectivity index (χ4n) is 1.75. The molecule has 0 aliphatic carbocycles. The zero-order valence-electron chi connectivity index (χ0n) is 10.9. The monoisotopic (exact) mass is 268 g/mol. The van der Waals surface area contributed by atoms with Crippen LogP contribution in [0.25, 0.3) is 11.6 Å². The van der Waals surface area contributed by atoms with Crippen molar-refractivity contribution in [2.75, 3.05) is 0 Å². The van der Waals surface area contributed by atoms with Gasteiger partial charge in [-0.15, -0.1) is 11.3 Å². The highest BCUT2D eigenvalue weighted by molar-refractivity contribution is 7.11. The van der Waals surface area contributed by atoms with E-state index >= 15 is 0 Å². The van der Waals surface area contributed by atoms with Crippen molar-refractivity contribution in [2.24, 2.45) is 7.05 Å². The minimum absolute atomic E-state index is 0.524. The molecule has 0 aromatic carbocycles. The van der Waals surface area contributed by atoms with E-state index in [4.69, 9.17) is 5.26 Å². The SMILES string of the molecule is Cc1csc(C(C#N)=Cc2cc(C#N)n(C)c2C)n1. The predicted octanol–water partition coefficient (Wildman–Crippen LogP) is 3.03. The van der Waals surface area contributed by atoms with Crippen molar-refractivity contribution in [2.45, 2.75) is 13.8 Å². The number of allylic oxidation sites excluding steroid dienone is 1. The topological polar surface area (TPSA) is 65.4 Å². The summed E-state index contributed by atoms with van der Waals surface area (Å²) in [6, 6.07) is 6.09. The average molecular weight is 268 g/mol. The number of nitriles is 2. The number of thiazole rings is 1. The van der Waals surface area contributed by atoms with Gasteiger partial charge in [0.15, 0.2) is 0 Å². The third-order valence-electron chi connectivity index (χ3n) is 2.96. The second-order valence-corrected chi connectivity index (χ2v) is 5.06. The minimum atomic E-state index is 0.524. The first-order chi connectivity index (χ1) is 9.06. The maximum absolute atomic E-state index is 9.25. The molecule has 0 spiro atoms. The summed E-state index contributed by atoms with van der Waals surface area (Å²) < 4.78 is 1.81. The van der Waals surface area contributed by atoms with Gasteiger partial charge in [0.25, 0.3) is 0 Å². The van der Waals surface area contributed by atoms with E-state index in [9.17, 15) is 5.26 Å². The van der Waals surface area contributed by atoms with Crippen molar-refractivity contribution in [3.8, 4) is 12.1 Å². The molecule has 0 unspecified atom stereocenters. The molecule has 0 amide bonds. The quantitative estimate of drug-likeness (QED) is 0.786. The first-order valence-electron chi connectivity index (χ1n) is 5.67. The van der Waals surface area contributed by atoms with Crippen LogP contribution in [0.5, 0.6) is 0 Å². The normalized spacial score (nSPS) is 11.1. The van der Waals surface area contributed by atoms with Crippen LogP contribution in [0.4, 0.5) is 0 Å². The van der Waals surface area contributed by atoms with E-state index in [2.05, 4.69) is 17.1 Å². The summed E-state index contributed by atoms with van der Waals surface area (Å²) in [6.45, 7) is 3.82. The van der Waals surface area contributed by atoms with Gasteiger partial charge >= 0.3 is 0 Å². The first-order valence-corrected chi connectivity index (χ1v) is 6.55. The van der Waals surface area contributed by atoms with E-state index in [1.165, 1.54) is 11.3 Å². The van der Waals surface area contributed by atoms with Crippen LogP contribution in [-0.2, 0) is 7.05 Å². The predicted molar refractivity (Wildman–Crippen MR) is 75.2 cm³/mol. The van der Waals surface area contributed by atoms with Gasteiger partial charge in [-0.3, -0.25) is 0 Å². The molecular formula is C14H12N4S. The Morgan fingerprint density at radius 1 is 1.42 bits per heavy atom. The van der Waals surface area contributed by atoms with Crippen molar-refractivity contribution in [1.29, 1.82) is 10.5 Å². The molecule has 2 heterocycles. The van der Waals surface area contributed by atoms with Crippen LogP contribution in [0.2, 0.25) is 0 Å². The van der Waals surface area contributed by atoms with Crippen molar-refractivity contribution >= 4 is 23.0 Å². The Hall–Kier alpha value is -2.37. The van der Waals surface area contributed by atoms with Gasteiger partial charge in [-0.25, -0.2) is 4.98 Å². The van der Waals surface area contributed by atoms with Crippen LogP contribution < -0.4 is 0 Å². The molecule has 2 aromatic rings. The molecule has 2 rings (SSSR count). The molecule has 19 heavy (non-hydrogen) atoms. The highest BCUT2D eigenvalue weighted by Crippen LogP contribution is 2.24. The third kappa shape index (κ3) is 2.42. The molecule has 0 atom stereocenters. The highest BCUT2D eigenvalue weighted by Gasteiger charge is 2.10. The number of hydrogen-bond acceptors (Lipinski definition) is 4. The van der Waals surface area contributed by atoms with Gasteiger partial charge in [0, 0.05) is 23.8 Å². The number of hydrogen-bond donors (Lipinski definition) is 0. The Morgan fingerprint density at radius 3 is 2.63 bits per heavy atom. The van der Waals surface area contributed by atoms with Crippen molar-refractivity contribution in [3.05, 3.63) is 39.1 Å². The third-order valence-corrected chi connectivity index (χ3v) is 3.95. The molecule has 0 fully saturated rings. The first kappa shape index (κ1) is 13.1. The van der Waals surface area contributed by atoms with Crippen LogP contribution in [0.1, 0.15) is 27.7 Å². The maximum atomic E-state index is 9.25. The Kier molecular flexibility index (Phi) is 3.50. The Balaban J connectivity index is 2.51. The van der Waals surface area contributed by atoms with Gasteiger partial charge in [-0.05, 0) is 31.6 Å². The standard InChI is InChI=1S/C14H12N4S/c1-9-8-19-14(17-9)12(6-15)4-11-5-13(7-16)18(3)10(11)2/h4-5,8H,1-3H3. The van der Waals surface area contributed by atoms with Gasteiger partial charge in [-0.1, -0.05) is 0 Å². The van der Waals surface area contributed by atoms with Crippen LogP contribution >= 0.6 is 11.3 Å².